The first-order valence-electron chi connectivity index (χ1n) is 12.1. The van der Waals surface area contributed by atoms with E-state index >= 15 is 0 Å². The number of aryl methyl sites for hydroxylation is 2. The Morgan fingerprint density at radius 2 is 1.47 bits per heavy atom. The van der Waals surface area contributed by atoms with Gasteiger partial charge >= 0.3 is 0 Å². The van der Waals surface area contributed by atoms with E-state index in [4.69, 9.17) is 10.5 Å². The molecule has 4 rings (SSSR count). The van der Waals surface area contributed by atoms with Crippen molar-refractivity contribution in [3.8, 4) is 5.88 Å². The van der Waals surface area contributed by atoms with Crippen molar-refractivity contribution in [3.05, 3.63) is 76.3 Å². The van der Waals surface area contributed by atoms with E-state index in [0.29, 0.717) is 37.0 Å². The summed E-state index contributed by atoms with van der Waals surface area (Å²) in [5, 5.41) is 0. The highest BCUT2D eigenvalue weighted by molar-refractivity contribution is 5.86. The van der Waals surface area contributed by atoms with Crippen LogP contribution in [0.25, 0.3) is 0 Å². The molecule has 0 radical (unpaired) electrons. The van der Waals surface area contributed by atoms with Crippen LogP contribution in [0, 0.1) is 19.8 Å². The molecule has 0 amide bonds. The summed E-state index contributed by atoms with van der Waals surface area (Å²) >= 11 is 0. The number of rotatable bonds is 9. The molecule has 1 aliphatic rings. The molecule has 0 unspecified atom stereocenters. The lowest BCUT2D eigenvalue weighted by molar-refractivity contribution is 0.111. The fourth-order valence-corrected chi connectivity index (χ4v) is 4.49. The molecule has 34 heavy (non-hydrogen) atoms. The van der Waals surface area contributed by atoms with Crippen LogP contribution in [0.2, 0.25) is 0 Å². The Kier molecular flexibility index (Phi) is 7.78. The Morgan fingerprint density at radius 1 is 0.912 bits per heavy atom. The van der Waals surface area contributed by atoms with Gasteiger partial charge in [0.2, 0.25) is 11.8 Å². The summed E-state index contributed by atoms with van der Waals surface area (Å²) in [6, 6.07) is 16.8. The van der Waals surface area contributed by atoms with Gasteiger partial charge in [-0.25, -0.2) is 0 Å². The van der Waals surface area contributed by atoms with Gasteiger partial charge in [0.05, 0.1) is 6.61 Å². The van der Waals surface area contributed by atoms with Crippen molar-refractivity contribution in [2.45, 2.75) is 59.0 Å². The van der Waals surface area contributed by atoms with E-state index in [9.17, 15) is 4.79 Å². The molecule has 3 aromatic rings. The molecule has 1 heterocycles. The number of anilines is 2. The molecule has 1 aromatic heterocycles. The van der Waals surface area contributed by atoms with Crippen molar-refractivity contribution < 1.29 is 9.53 Å². The third-order valence-electron chi connectivity index (χ3n) is 6.49. The molecule has 0 saturated heterocycles. The van der Waals surface area contributed by atoms with Crippen LogP contribution in [0.5, 0.6) is 5.88 Å². The Bertz CT molecular complexity index is 1040. The average Bonchev–Trinajstić information content (AvgIpc) is 2.85. The Hall–Kier alpha value is -3.41. The van der Waals surface area contributed by atoms with Crippen molar-refractivity contribution in [1.29, 1.82) is 0 Å². The lowest BCUT2D eigenvalue weighted by Gasteiger charge is -2.27. The van der Waals surface area contributed by atoms with Crippen molar-refractivity contribution >= 4 is 18.1 Å². The van der Waals surface area contributed by atoms with E-state index in [-0.39, 0.29) is 11.8 Å². The highest BCUT2D eigenvalue weighted by atomic mass is 16.5. The van der Waals surface area contributed by atoms with Crippen LogP contribution < -0.4 is 15.4 Å². The molecule has 1 saturated carbocycles. The van der Waals surface area contributed by atoms with Gasteiger partial charge < -0.3 is 15.4 Å². The number of carbonyl (C=O) groups is 1. The number of aromatic nitrogens is 2. The zero-order valence-corrected chi connectivity index (χ0v) is 20.2. The lowest BCUT2D eigenvalue weighted by atomic mass is 9.90. The summed E-state index contributed by atoms with van der Waals surface area (Å²) in [5.41, 5.74) is 11.1. The molecule has 2 N–H and O–H groups in total. The lowest BCUT2D eigenvalue weighted by Crippen LogP contribution is -2.26. The van der Waals surface area contributed by atoms with Crippen LogP contribution in [0.15, 0.2) is 48.5 Å². The Labute approximate surface area is 202 Å². The molecule has 1 fully saturated rings. The summed E-state index contributed by atoms with van der Waals surface area (Å²) in [5.74, 6) is 1.38. The van der Waals surface area contributed by atoms with Crippen LogP contribution in [-0.2, 0) is 13.1 Å². The molecule has 6 heteroatoms. The smallest absolute Gasteiger partial charge is 0.231 e. The number of aldehydes is 1. The quantitative estimate of drug-likeness (QED) is 0.417. The number of nitrogen functional groups attached to an aromatic ring is 1. The second kappa shape index (κ2) is 11.1. The summed E-state index contributed by atoms with van der Waals surface area (Å²) < 4.78 is 6.08. The normalized spacial score (nSPS) is 14.1. The molecule has 0 spiro atoms. The minimum Gasteiger partial charge on any atom is -0.477 e. The van der Waals surface area contributed by atoms with Crippen molar-refractivity contribution in [1.82, 2.24) is 9.97 Å². The maximum Gasteiger partial charge on any atom is 0.231 e. The van der Waals surface area contributed by atoms with Gasteiger partial charge in [-0.15, -0.1) is 0 Å². The highest BCUT2D eigenvalue weighted by Gasteiger charge is 2.22. The van der Waals surface area contributed by atoms with Gasteiger partial charge in [0.15, 0.2) is 6.29 Å². The first kappa shape index (κ1) is 23.7. The average molecular weight is 459 g/mol. The molecule has 0 aliphatic heterocycles. The van der Waals surface area contributed by atoms with Crippen molar-refractivity contribution in [3.63, 3.8) is 0 Å². The van der Waals surface area contributed by atoms with Crippen LogP contribution in [0.1, 0.15) is 64.7 Å². The number of nitrogens with two attached hydrogens (primary N) is 1. The summed E-state index contributed by atoms with van der Waals surface area (Å²) in [6.45, 7) is 5.84. The molecular formula is C28H34N4O2. The third-order valence-corrected chi connectivity index (χ3v) is 6.49. The van der Waals surface area contributed by atoms with Gasteiger partial charge in [-0.1, -0.05) is 78.9 Å². The number of hydrogen-bond acceptors (Lipinski definition) is 6. The summed E-state index contributed by atoms with van der Waals surface area (Å²) in [6.07, 6.45) is 6.84. The van der Waals surface area contributed by atoms with E-state index < -0.39 is 0 Å². The largest absolute Gasteiger partial charge is 0.477 e. The van der Waals surface area contributed by atoms with Crippen molar-refractivity contribution in [2.24, 2.45) is 5.92 Å². The minimum absolute atomic E-state index is 0.108. The fraction of sp³-hybridized carbons (Fsp3) is 0.393. The van der Waals surface area contributed by atoms with Gasteiger partial charge in [0.1, 0.15) is 11.4 Å². The topological polar surface area (TPSA) is 81.3 Å². The van der Waals surface area contributed by atoms with Crippen molar-refractivity contribution in [2.75, 3.05) is 17.2 Å². The fourth-order valence-electron chi connectivity index (χ4n) is 4.49. The van der Waals surface area contributed by atoms with E-state index in [2.05, 4.69) is 77.2 Å². The van der Waals surface area contributed by atoms with Gasteiger partial charge in [0.25, 0.3) is 0 Å². The monoisotopic (exact) mass is 458 g/mol. The van der Waals surface area contributed by atoms with Crippen LogP contribution >= 0.6 is 0 Å². The summed E-state index contributed by atoms with van der Waals surface area (Å²) in [7, 11) is 0. The van der Waals surface area contributed by atoms with E-state index in [1.807, 2.05) is 0 Å². The van der Waals surface area contributed by atoms with Gasteiger partial charge in [-0.3, -0.25) is 4.79 Å². The Morgan fingerprint density at radius 3 is 2.00 bits per heavy atom. The second-order valence-electron chi connectivity index (χ2n) is 9.38. The molecule has 1 aliphatic carbocycles. The van der Waals surface area contributed by atoms with Crippen LogP contribution in [-0.4, -0.2) is 22.9 Å². The maximum absolute atomic E-state index is 12.3. The predicted octanol–water partition coefficient (Wildman–Crippen LogP) is 5.65. The van der Waals surface area contributed by atoms with E-state index in [0.717, 1.165) is 30.3 Å². The zero-order valence-electron chi connectivity index (χ0n) is 20.2. The van der Waals surface area contributed by atoms with Gasteiger partial charge in [-0.05, 0) is 43.7 Å². The molecule has 2 aromatic carbocycles. The van der Waals surface area contributed by atoms with E-state index in [1.165, 1.54) is 30.4 Å². The summed E-state index contributed by atoms with van der Waals surface area (Å²) in [4.78, 5) is 23.2. The molecule has 0 bridgehead atoms. The Balaban J connectivity index is 1.66. The second-order valence-corrected chi connectivity index (χ2v) is 9.38. The maximum atomic E-state index is 12.3. The van der Waals surface area contributed by atoms with E-state index in [1.54, 1.807) is 0 Å². The van der Waals surface area contributed by atoms with Crippen LogP contribution in [0.4, 0.5) is 11.8 Å². The molecule has 178 valence electrons. The number of ether oxygens (including phenoxy) is 1. The van der Waals surface area contributed by atoms with Gasteiger partial charge in [-0.2, -0.15) is 9.97 Å². The highest BCUT2D eigenvalue weighted by Crippen LogP contribution is 2.30. The van der Waals surface area contributed by atoms with Gasteiger partial charge in [0, 0.05) is 13.1 Å². The zero-order chi connectivity index (χ0) is 23.9. The molecule has 0 atom stereocenters. The molecular weight excluding hydrogens is 424 g/mol. The standard InChI is InChI=1S/C28H34N4O2/c1-20-8-12-22(13-9-20)16-32(17-23-14-10-21(2)11-15-23)26-25(18-33)27(31-28(29)30-26)34-19-24-6-4-3-5-7-24/h8-15,18,24H,3-7,16-17,19H2,1-2H3,(H2,29,30,31). The number of hydrogen-bond donors (Lipinski definition) is 1. The van der Waals surface area contributed by atoms with Crippen LogP contribution in [0.3, 0.4) is 0 Å². The minimum atomic E-state index is 0.108. The SMILES string of the molecule is Cc1ccc(CN(Cc2ccc(C)cc2)c2nc(N)nc(OCC3CCCCC3)c2C=O)cc1. The number of nitrogens with zero attached hydrogens (tertiary/aromatic N) is 3. The molecule has 6 nitrogen and oxygen atoms in total. The first-order chi connectivity index (χ1) is 16.5. The number of benzene rings is 2. The first-order valence-corrected chi connectivity index (χ1v) is 12.1. The predicted molar refractivity (Wildman–Crippen MR) is 136 cm³/mol. The third kappa shape index (κ3) is 6.13. The number of carbonyl (C=O) groups excluding carboxylic acids is 1.